The van der Waals surface area contributed by atoms with Crippen molar-refractivity contribution in [3.63, 3.8) is 0 Å². The minimum absolute atomic E-state index is 0.222. The number of hydrogen-bond donors (Lipinski definition) is 3. The molecule has 3 rings (SSSR count). The number of amides is 2. The summed E-state index contributed by atoms with van der Waals surface area (Å²) in [5.74, 6) is -0.141. The molecule has 2 heterocycles. The number of hydrogen-bond acceptors (Lipinski definition) is 5. The van der Waals surface area contributed by atoms with Crippen LogP contribution in [0.3, 0.4) is 0 Å². The Hall–Kier alpha value is -3.00. The van der Waals surface area contributed by atoms with Crippen LogP contribution in [0.15, 0.2) is 48.1 Å². The van der Waals surface area contributed by atoms with Gasteiger partial charge in [-0.2, -0.15) is 5.10 Å². The molecule has 0 fully saturated rings. The number of rotatable bonds is 7. The average Bonchev–Trinajstić information content (AvgIpc) is 3.34. The van der Waals surface area contributed by atoms with E-state index in [0.717, 1.165) is 6.42 Å². The summed E-state index contributed by atoms with van der Waals surface area (Å²) in [6, 6.07) is 8.96. The number of anilines is 1. The van der Waals surface area contributed by atoms with Crippen molar-refractivity contribution in [2.24, 2.45) is 5.92 Å². The highest BCUT2D eigenvalue weighted by Crippen LogP contribution is 2.25. The molecular formula is C19H21N5O2S. The predicted molar refractivity (Wildman–Crippen MR) is 105 cm³/mol. The third-order valence-corrected chi connectivity index (χ3v) is 4.82. The number of thiazole rings is 1. The summed E-state index contributed by atoms with van der Waals surface area (Å²) in [6.45, 7) is 4.15. The van der Waals surface area contributed by atoms with Gasteiger partial charge in [0.2, 0.25) is 0 Å². The zero-order valence-electron chi connectivity index (χ0n) is 15.1. The Labute approximate surface area is 161 Å². The van der Waals surface area contributed by atoms with Crippen LogP contribution in [0.1, 0.15) is 52.2 Å². The van der Waals surface area contributed by atoms with Crippen LogP contribution >= 0.6 is 11.3 Å². The van der Waals surface area contributed by atoms with E-state index in [1.54, 1.807) is 11.6 Å². The van der Waals surface area contributed by atoms with Gasteiger partial charge in [0.1, 0.15) is 10.7 Å². The van der Waals surface area contributed by atoms with Gasteiger partial charge in [0.25, 0.3) is 11.8 Å². The minimum atomic E-state index is -0.270. The van der Waals surface area contributed by atoms with E-state index in [9.17, 15) is 9.59 Å². The van der Waals surface area contributed by atoms with Gasteiger partial charge in [0.05, 0.1) is 17.8 Å². The quantitative estimate of drug-likeness (QED) is 0.580. The highest BCUT2D eigenvalue weighted by molar-refractivity contribution is 7.10. The zero-order valence-corrected chi connectivity index (χ0v) is 15.9. The number of aromatic amines is 1. The molecule has 2 amide bonds. The van der Waals surface area contributed by atoms with Gasteiger partial charge >= 0.3 is 0 Å². The van der Waals surface area contributed by atoms with Gasteiger partial charge in [-0.05, 0) is 24.5 Å². The second kappa shape index (κ2) is 8.59. The molecule has 8 heteroatoms. The first-order valence-electron chi connectivity index (χ1n) is 8.64. The Kier molecular flexibility index (Phi) is 5.97. The number of carbonyl (C=O) groups excluding carboxylic acids is 2. The Bertz CT molecular complexity index is 890. The van der Waals surface area contributed by atoms with Crippen LogP contribution in [0.4, 0.5) is 5.69 Å². The SMILES string of the molecule is CC(C)C[C@@H](NC(=O)c1cn[nH]c1)c1nc(C(=O)Nc2ccccc2)cs1. The molecule has 0 bridgehead atoms. The largest absolute Gasteiger partial charge is 0.343 e. The van der Waals surface area contributed by atoms with Crippen LogP contribution in [-0.2, 0) is 0 Å². The average molecular weight is 383 g/mol. The van der Waals surface area contributed by atoms with E-state index < -0.39 is 0 Å². The van der Waals surface area contributed by atoms with Gasteiger partial charge in [-0.25, -0.2) is 4.98 Å². The fourth-order valence-corrected chi connectivity index (χ4v) is 3.44. The molecule has 0 spiro atoms. The van der Waals surface area contributed by atoms with Crippen molar-refractivity contribution >= 4 is 28.8 Å². The molecule has 0 aliphatic rings. The fraction of sp³-hybridized carbons (Fsp3) is 0.263. The Morgan fingerprint density at radius 3 is 2.63 bits per heavy atom. The molecule has 7 nitrogen and oxygen atoms in total. The van der Waals surface area contributed by atoms with Gasteiger partial charge in [0.15, 0.2) is 0 Å². The van der Waals surface area contributed by atoms with Crippen molar-refractivity contribution < 1.29 is 9.59 Å². The number of carbonyl (C=O) groups is 2. The number of nitrogens with zero attached hydrogens (tertiary/aromatic N) is 2. The Morgan fingerprint density at radius 2 is 1.96 bits per heavy atom. The Balaban J connectivity index is 1.73. The monoisotopic (exact) mass is 383 g/mol. The minimum Gasteiger partial charge on any atom is -0.343 e. The van der Waals surface area contributed by atoms with Crippen LogP contribution < -0.4 is 10.6 Å². The van der Waals surface area contributed by atoms with E-state index in [-0.39, 0.29) is 17.9 Å². The van der Waals surface area contributed by atoms with E-state index in [0.29, 0.717) is 27.9 Å². The highest BCUT2D eigenvalue weighted by Gasteiger charge is 2.22. The van der Waals surface area contributed by atoms with E-state index in [1.165, 1.54) is 17.5 Å². The first kappa shape index (κ1) is 18.8. The maximum Gasteiger partial charge on any atom is 0.275 e. The zero-order chi connectivity index (χ0) is 19.2. The van der Waals surface area contributed by atoms with Crippen LogP contribution in [0.25, 0.3) is 0 Å². The van der Waals surface area contributed by atoms with Crippen LogP contribution in [0.2, 0.25) is 0 Å². The number of para-hydroxylation sites is 1. The molecule has 2 aromatic heterocycles. The van der Waals surface area contributed by atoms with E-state index in [1.807, 2.05) is 30.3 Å². The normalized spacial score (nSPS) is 12.0. The molecule has 0 saturated heterocycles. The van der Waals surface area contributed by atoms with Crippen molar-refractivity contribution in [1.82, 2.24) is 20.5 Å². The van der Waals surface area contributed by atoms with Crippen molar-refractivity contribution in [3.05, 3.63) is 64.4 Å². The summed E-state index contributed by atoms with van der Waals surface area (Å²) in [6.07, 6.45) is 3.74. The molecule has 0 aliphatic heterocycles. The standard InChI is InChI=1S/C19H21N5O2S/c1-12(2)8-15(23-17(25)13-9-20-21-10-13)19-24-16(11-27-19)18(26)22-14-6-4-3-5-7-14/h3-7,9-12,15H,8H2,1-2H3,(H,20,21)(H,22,26)(H,23,25)/t15-/m1/s1. The lowest BCUT2D eigenvalue weighted by Gasteiger charge is -2.18. The number of H-pyrrole nitrogens is 1. The molecular weight excluding hydrogens is 362 g/mol. The van der Waals surface area contributed by atoms with Crippen LogP contribution in [0.5, 0.6) is 0 Å². The third kappa shape index (κ3) is 5.01. The summed E-state index contributed by atoms with van der Waals surface area (Å²) in [4.78, 5) is 29.3. The molecule has 0 aliphatic carbocycles. The summed E-state index contributed by atoms with van der Waals surface area (Å²) >= 11 is 1.37. The smallest absolute Gasteiger partial charge is 0.275 e. The van der Waals surface area contributed by atoms with Gasteiger partial charge < -0.3 is 10.6 Å². The van der Waals surface area contributed by atoms with Gasteiger partial charge in [-0.1, -0.05) is 32.0 Å². The van der Waals surface area contributed by atoms with E-state index in [4.69, 9.17) is 0 Å². The van der Waals surface area contributed by atoms with Crippen molar-refractivity contribution in [2.45, 2.75) is 26.3 Å². The molecule has 3 aromatic rings. The Morgan fingerprint density at radius 1 is 1.19 bits per heavy atom. The summed E-state index contributed by atoms with van der Waals surface area (Å²) in [5, 5.41) is 14.7. The summed E-state index contributed by atoms with van der Waals surface area (Å²) in [7, 11) is 0. The summed E-state index contributed by atoms with van der Waals surface area (Å²) < 4.78 is 0. The number of nitrogens with one attached hydrogen (secondary N) is 3. The molecule has 0 radical (unpaired) electrons. The lowest BCUT2D eigenvalue weighted by Crippen LogP contribution is -2.29. The second-order valence-corrected chi connectivity index (χ2v) is 7.42. The topological polar surface area (TPSA) is 99.8 Å². The lowest BCUT2D eigenvalue weighted by atomic mass is 10.0. The summed E-state index contributed by atoms with van der Waals surface area (Å²) in [5.41, 5.74) is 1.51. The van der Waals surface area contributed by atoms with Gasteiger partial charge in [0, 0.05) is 17.3 Å². The number of aromatic nitrogens is 3. The molecule has 3 N–H and O–H groups in total. The predicted octanol–water partition coefficient (Wildman–Crippen LogP) is 3.64. The van der Waals surface area contributed by atoms with Crippen molar-refractivity contribution in [2.75, 3.05) is 5.32 Å². The molecule has 27 heavy (non-hydrogen) atoms. The van der Waals surface area contributed by atoms with Gasteiger partial charge in [-0.3, -0.25) is 14.7 Å². The molecule has 140 valence electrons. The highest BCUT2D eigenvalue weighted by atomic mass is 32.1. The third-order valence-electron chi connectivity index (χ3n) is 3.86. The van der Waals surface area contributed by atoms with Crippen LogP contribution in [-0.4, -0.2) is 27.0 Å². The van der Waals surface area contributed by atoms with E-state index >= 15 is 0 Å². The first-order valence-corrected chi connectivity index (χ1v) is 9.52. The fourth-order valence-electron chi connectivity index (χ4n) is 2.58. The van der Waals surface area contributed by atoms with Crippen molar-refractivity contribution in [3.8, 4) is 0 Å². The molecule has 1 aromatic carbocycles. The molecule has 1 atom stereocenters. The van der Waals surface area contributed by atoms with E-state index in [2.05, 4.69) is 39.7 Å². The maximum atomic E-state index is 12.4. The second-order valence-electron chi connectivity index (χ2n) is 6.53. The van der Waals surface area contributed by atoms with Gasteiger partial charge in [-0.15, -0.1) is 11.3 Å². The number of benzene rings is 1. The van der Waals surface area contributed by atoms with Crippen molar-refractivity contribution in [1.29, 1.82) is 0 Å². The molecule has 0 saturated carbocycles. The van der Waals surface area contributed by atoms with Crippen LogP contribution in [0, 0.1) is 5.92 Å². The first-order chi connectivity index (χ1) is 13.0. The maximum absolute atomic E-state index is 12.4. The molecule has 0 unspecified atom stereocenters. The lowest BCUT2D eigenvalue weighted by molar-refractivity contribution is 0.0931.